The summed E-state index contributed by atoms with van der Waals surface area (Å²) < 4.78 is 6.64. The monoisotopic (exact) mass is 614 g/mol. The topological polar surface area (TPSA) is 68.7 Å². The van der Waals surface area contributed by atoms with Crippen LogP contribution in [0.4, 0.5) is 0 Å². The summed E-state index contributed by atoms with van der Waals surface area (Å²) >= 11 is 11.6. The second kappa shape index (κ2) is 5.89. The van der Waals surface area contributed by atoms with E-state index in [4.69, 9.17) is 9.97 Å². The van der Waals surface area contributed by atoms with E-state index < -0.39 is 0 Å². The minimum absolute atomic E-state index is 0.0966. The van der Waals surface area contributed by atoms with Gasteiger partial charge in [-0.15, -0.1) is 34.0 Å². The molecular weight excluding hydrogens is 608 g/mol. The smallest absolute Gasteiger partial charge is 0.268 e. The molecule has 0 fully saturated rings. The SMILES string of the molecule is Cc1c(C)c2c3c(sc4c3c1c(=O)n1c4nc3scc(Br)c31)c(=O)n1c2nc2scc(Br)c21. The van der Waals surface area contributed by atoms with Crippen molar-refractivity contribution < 1.29 is 0 Å². The molecule has 0 aliphatic heterocycles. The van der Waals surface area contributed by atoms with Gasteiger partial charge in [-0.2, -0.15) is 0 Å². The molecule has 0 aliphatic carbocycles. The maximum Gasteiger partial charge on any atom is 0.274 e. The van der Waals surface area contributed by atoms with E-state index in [9.17, 15) is 9.59 Å². The highest BCUT2D eigenvalue weighted by molar-refractivity contribution is 9.11. The van der Waals surface area contributed by atoms with Crippen LogP contribution in [0.15, 0.2) is 29.3 Å². The fourth-order valence-electron chi connectivity index (χ4n) is 5.15. The van der Waals surface area contributed by atoms with Crippen molar-refractivity contribution in [3.8, 4) is 0 Å². The highest BCUT2D eigenvalue weighted by atomic mass is 79.9. The number of pyridine rings is 2. The van der Waals surface area contributed by atoms with E-state index in [1.54, 1.807) is 8.80 Å². The zero-order valence-electron chi connectivity index (χ0n) is 16.7. The molecule has 6 nitrogen and oxygen atoms in total. The Morgan fingerprint density at radius 2 is 1.27 bits per heavy atom. The molecule has 0 atom stereocenters. The molecule has 0 bridgehead atoms. The maximum atomic E-state index is 13.9. The average molecular weight is 616 g/mol. The Kier molecular flexibility index (Phi) is 3.42. The van der Waals surface area contributed by atoms with E-state index in [0.717, 1.165) is 61.6 Å². The molecule has 33 heavy (non-hydrogen) atoms. The summed E-state index contributed by atoms with van der Waals surface area (Å²) in [5, 5.41) is 7.18. The summed E-state index contributed by atoms with van der Waals surface area (Å²) in [5.41, 5.74) is 4.53. The van der Waals surface area contributed by atoms with Gasteiger partial charge >= 0.3 is 0 Å². The Morgan fingerprint density at radius 3 is 1.94 bits per heavy atom. The molecule has 0 aliphatic rings. The van der Waals surface area contributed by atoms with Crippen LogP contribution in [0.2, 0.25) is 0 Å². The van der Waals surface area contributed by atoms with Crippen molar-refractivity contribution in [2.45, 2.75) is 13.8 Å². The molecule has 7 heterocycles. The lowest BCUT2D eigenvalue weighted by atomic mass is 9.94. The van der Waals surface area contributed by atoms with Crippen LogP contribution in [0.25, 0.3) is 62.9 Å². The zero-order chi connectivity index (χ0) is 22.5. The lowest BCUT2D eigenvalue weighted by molar-refractivity contribution is 1.18. The number of aromatic nitrogens is 4. The predicted molar refractivity (Wildman–Crippen MR) is 145 cm³/mol. The molecule has 8 rings (SSSR count). The first-order valence-electron chi connectivity index (χ1n) is 9.89. The van der Waals surface area contributed by atoms with Gasteiger partial charge in [0.25, 0.3) is 11.1 Å². The minimum atomic E-state index is -0.106. The number of hydrogen-bond acceptors (Lipinski definition) is 7. The summed E-state index contributed by atoms with van der Waals surface area (Å²) in [5.74, 6) is 0. The summed E-state index contributed by atoms with van der Waals surface area (Å²) in [4.78, 5) is 39.0. The van der Waals surface area contributed by atoms with Gasteiger partial charge in [-0.3, -0.25) is 18.4 Å². The van der Waals surface area contributed by atoms with Gasteiger partial charge in [0.15, 0.2) is 5.65 Å². The van der Waals surface area contributed by atoms with Crippen LogP contribution in [0.3, 0.4) is 0 Å². The first-order valence-corrected chi connectivity index (χ1v) is 14.0. The largest absolute Gasteiger partial charge is 0.274 e. The fraction of sp³-hybridized carbons (Fsp3) is 0.0909. The lowest BCUT2D eigenvalue weighted by Gasteiger charge is -2.12. The standard InChI is InChI=1S/C22H8Br2N4O2S3/c1-5-6(2)10-12-11-9(5)17-25-19-13(7(23)3-31-19)27(17)22(30)16(11)33-15(12)18-26-20-14(8(24)4-32-20)28(18)21(10)29/h3-4H,1-2H3. The van der Waals surface area contributed by atoms with Gasteiger partial charge in [0.2, 0.25) is 0 Å². The molecule has 0 amide bonds. The molecule has 11 heteroatoms. The normalized spacial score (nSPS) is 13.1. The number of hydrogen-bond donors (Lipinski definition) is 0. The van der Waals surface area contributed by atoms with Crippen molar-refractivity contribution in [1.29, 1.82) is 0 Å². The molecule has 8 aromatic rings. The number of imidazole rings is 2. The number of rotatable bonds is 0. The second-order valence-corrected chi connectivity index (χ2v) is 12.6. The molecule has 0 radical (unpaired) electrons. The predicted octanol–water partition coefficient (Wildman–Crippen LogP) is 6.67. The molecule has 0 saturated carbocycles. The van der Waals surface area contributed by atoms with E-state index in [0.29, 0.717) is 21.4 Å². The zero-order valence-corrected chi connectivity index (χ0v) is 22.4. The number of thiophene rings is 3. The van der Waals surface area contributed by atoms with E-state index in [1.165, 1.54) is 34.0 Å². The quantitative estimate of drug-likeness (QED) is 0.179. The van der Waals surface area contributed by atoms with Gasteiger partial charge in [0.05, 0.1) is 19.0 Å². The molecule has 0 saturated heterocycles. The number of fused-ring (bicyclic) bond motifs is 8. The summed E-state index contributed by atoms with van der Waals surface area (Å²) in [6, 6.07) is 0. The van der Waals surface area contributed by atoms with Gasteiger partial charge in [-0.05, 0) is 56.8 Å². The molecule has 7 aromatic heterocycles. The average Bonchev–Trinajstić information content (AvgIpc) is 3.56. The van der Waals surface area contributed by atoms with Crippen molar-refractivity contribution in [3.05, 3.63) is 51.5 Å². The summed E-state index contributed by atoms with van der Waals surface area (Å²) in [7, 11) is 0. The van der Waals surface area contributed by atoms with Crippen molar-refractivity contribution in [2.75, 3.05) is 0 Å². The second-order valence-electron chi connectivity index (χ2n) is 8.14. The van der Waals surface area contributed by atoms with E-state index in [-0.39, 0.29) is 11.1 Å². The van der Waals surface area contributed by atoms with Crippen LogP contribution in [0.1, 0.15) is 11.1 Å². The number of nitrogens with zero attached hydrogens (tertiary/aromatic N) is 4. The third-order valence-corrected chi connectivity index (χ3v) is 11.4. The first kappa shape index (κ1) is 19.2. The van der Waals surface area contributed by atoms with Crippen molar-refractivity contribution in [3.63, 3.8) is 0 Å². The fourth-order valence-corrected chi connectivity index (χ4v) is 9.49. The molecule has 1 aromatic carbocycles. The van der Waals surface area contributed by atoms with Crippen molar-refractivity contribution in [2.24, 2.45) is 0 Å². The van der Waals surface area contributed by atoms with Crippen LogP contribution in [0.5, 0.6) is 0 Å². The molecule has 160 valence electrons. The Morgan fingerprint density at radius 1 is 0.727 bits per heavy atom. The molecule has 0 spiro atoms. The van der Waals surface area contributed by atoms with Crippen LogP contribution in [0, 0.1) is 13.8 Å². The van der Waals surface area contributed by atoms with Gasteiger partial charge in [-0.1, -0.05) is 0 Å². The first-order chi connectivity index (χ1) is 15.9. The summed E-state index contributed by atoms with van der Waals surface area (Å²) in [6.45, 7) is 4.01. The van der Waals surface area contributed by atoms with Gasteiger partial charge in [0.1, 0.15) is 31.0 Å². The number of aryl methyl sites for hydroxylation is 2. The number of benzene rings is 1. The third kappa shape index (κ3) is 1.99. The van der Waals surface area contributed by atoms with E-state index in [2.05, 4.69) is 31.9 Å². The van der Waals surface area contributed by atoms with Crippen molar-refractivity contribution >= 4 is 129 Å². The van der Waals surface area contributed by atoms with E-state index in [1.807, 2.05) is 24.6 Å². The van der Waals surface area contributed by atoms with Crippen LogP contribution in [-0.4, -0.2) is 18.8 Å². The van der Waals surface area contributed by atoms with Gasteiger partial charge in [-0.25, -0.2) is 9.97 Å². The van der Waals surface area contributed by atoms with E-state index >= 15 is 0 Å². The summed E-state index contributed by atoms with van der Waals surface area (Å²) in [6.07, 6.45) is 0. The van der Waals surface area contributed by atoms with Crippen LogP contribution >= 0.6 is 65.9 Å². The van der Waals surface area contributed by atoms with Crippen molar-refractivity contribution in [1.82, 2.24) is 18.8 Å². The molecule has 0 N–H and O–H groups in total. The maximum absolute atomic E-state index is 13.9. The Labute approximate surface area is 211 Å². The van der Waals surface area contributed by atoms with Crippen LogP contribution < -0.4 is 11.1 Å². The Bertz CT molecular complexity index is 2290. The highest BCUT2D eigenvalue weighted by Gasteiger charge is 2.28. The minimum Gasteiger partial charge on any atom is -0.268 e. The number of halogens is 2. The molecule has 0 unspecified atom stereocenters. The Balaban J connectivity index is 1.80. The molecular formula is C22H8Br2N4O2S3. The highest BCUT2D eigenvalue weighted by Crippen LogP contribution is 2.46. The third-order valence-electron chi connectivity index (χ3n) is 6.65. The Hall–Kier alpha value is -2.18. The van der Waals surface area contributed by atoms with Gasteiger partial charge in [0, 0.05) is 26.9 Å². The lowest BCUT2D eigenvalue weighted by Crippen LogP contribution is -2.15. The van der Waals surface area contributed by atoms with Crippen LogP contribution in [-0.2, 0) is 0 Å². The van der Waals surface area contributed by atoms with Gasteiger partial charge < -0.3 is 0 Å².